The Balaban J connectivity index is 2.01. The van der Waals surface area contributed by atoms with Gasteiger partial charge in [-0.3, -0.25) is 4.79 Å². The first-order valence-corrected chi connectivity index (χ1v) is 8.91. The maximum absolute atomic E-state index is 12.8. The first-order chi connectivity index (χ1) is 10.7. The zero-order valence-corrected chi connectivity index (χ0v) is 13.9. The van der Waals surface area contributed by atoms with Crippen LogP contribution in [-0.4, -0.2) is 37.3 Å². The number of thioether (sulfide) groups is 1. The lowest BCUT2D eigenvalue weighted by Crippen LogP contribution is -2.43. The van der Waals surface area contributed by atoms with Gasteiger partial charge in [0.2, 0.25) is 0 Å². The Kier molecular flexibility index (Phi) is 4.83. The number of likely N-dealkylation sites (N-methyl/N-ethyl adjacent to an activating group) is 1. The fourth-order valence-electron chi connectivity index (χ4n) is 2.51. The standard InChI is InChI=1S/C16H18N2O2S2/c1-17-8-9-18-11-5-2-3-6-12(11)22-15(14(19)16(18)20)13-7-4-10-21-13/h2-7,10,14-15,17,19H,8-9H2,1H3/t14-,15+/m1/s1. The van der Waals surface area contributed by atoms with Crippen LogP contribution >= 0.6 is 23.1 Å². The van der Waals surface area contributed by atoms with Crippen molar-refractivity contribution >= 4 is 34.7 Å². The van der Waals surface area contributed by atoms with Crippen LogP contribution in [0.4, 0.5) is 5.69 Å². The lowest BCUT2D eigenvalue weighted by Gasteiger charge is -2.24. The predicted molar refractivity (Wildman–Crippen MR) is 91.6 cm³/mol. The van der Waals surface area contributed by atoms with Crippen molar-refractivity contribution in [3.05, 3.63) is 46.7 Å². The molecule has 4 nitrogen and oxygen atoms in total. The monoisotopic (exact) mass is 334 g/mol. The van der Waals surface area contributed by atoms with E-state index in [0.29, 0.717) is 13.1 Å². The molecule has 2 heterocycles. The summed E-state index contributed by atoms with van der Waals surface area (Å²) >= 11 is 3.14. The van der Waals surface area contributed by atoms with Gasteiger partial charge in [-0.25, -0.2) is 0 Å². The van der Waals surface area contributed by atoms with Crippen molar-refractivity contribution < 1.29 is 9.90 Å². The van der Waals surface area contributed by atoms with E-state index in [1.165, 1.54) is 0 Å². The highest BCUT2D eigenvalue weighted by Gasteiger charge is 2.37. The molecule has 0 unspecified atom stereocenters. The molecule has 1 aromatic carbocycles. The van der Waals surface area contributed by atoms with Gasteiger partial charge in [-0.2, -0.15) is 0 Å². The minimum absolute atomic E-state index is 0.230. The zero-order chi connectivity index (χ0) is 15.5. The number of aliphatic hydroxyl groups is 1. The second-order valence-corrected chi connectivity index (χ2v) is 7.22. The number of amides is 1. The Morgan fingerprint density at radius 2 is 2.09 bits per heavy atom. The number of aliphatic hydroxyl groups excluding tert-OH is 1. The van der Waals surface area contributed by atoms with E-state index in [0.717, 1.165) is 15.5 Å². The van der Waals surface area contributed by atoms with Crippen molar-refractivity contribution in [3.8, 4) is 0 Å². The Morgan fingerprint density at radius 3 is 2.82 bits per heavy atom. The highest BCUT2D eigenvalue weighted by Crippen LogP contribution is 2.46. The Labute approximate surface area is 138 Å². The van der Waals surface area contributed by atoms with E-state index >= 15 is 0 Å². The molecule has 0 aliphatic carbocycles. The molecule has 116 valence electrons. The van der Waals surface area contributed by atoms with Gasteiger partial charge in [0.1, 0.15) is 6.10 Å². The number of anilines is 1. The molecule has 0 saturated heterocycles. The summed E-state index contributed by atoms with van der Waals surface area (Å²) in [6, 6.07) is 11.8. The summed E-state index contributed by atoms with van der Waals surface area (Å²) in [5.41, 5.74) is 0.880. The molecule has 0 radical (unpaired) electrons. The van der Waals surface area contributed by atoms with E-state index in [1.54, 1.807) is 28.0 Å². The fourth-order valence-corrected chi connectivity index (χ4v) is 4.73. The van der Waals surface area contributed by atoms with Crippen molar-refractivity contribution in [2.24, 2.45) is 0 Å². The molecule has 2 N–H and O–H groups in total. The molecule has 1 aromatic heterocycles. The normalized spacial score (nSPS) is 21.5. The Morgan fingerprint density at radius 1 is 1.27 bits per heavy atom. The van der Waals surface area contributed by atoms with Crippen LogP contribution in [0.1, 0.15) is 10.1 Å². The number of fused-ring (bicyclic) bond motifs is 1. The molecule has 6 heteroatoms. The first kappa shape index (κ1) is 15.6. The number of nitrogens with one attached hydrogen (secondary N) is 1. The average molecular weight is 334 g/mol. The van der Waals surface area contributed by atoms with E-state index in [2.05, 4.69) is 5.32 Å². The van der Waals surface area contributed by atoms with Crippen LogP contribution in [0.25, 0.3) is 0 Å². The number of carbonyl (C=O) groups excluding carboxylic acids is 1. The summed E-state index contributed by atoms with van der Waals surface area (Å²) in [5.74, 6) is -0.230. The van der Waals surface area contributed by atoms with Crippen molar-refractivity contribution in [3.63, 3.8) is 0 Å². The number of benzene rings is 1. The number of para-hydroxylation sites is 1. The van der Waals surface area contributed by atoms with Crippen molar-refractivity contribution in [2.45, 2.75) is 16.2 Å². The highest BCUT2D eigenvalue weighted by molar-refractivity contribution is 8.00. The Bertz CT molecular complexity index is 645. The number of hydrogen-bond donors (Lipinski definition) is 2. The molecule has 0 bridgehead atoms. The molecule has 2 atom stereocenters. The van der Waals surface area contributed by atoms with Gasteiger partial charge in [-0.05, 0) is 30.6 Å². The molecular weight excluding hydrogens is 316 g/mol. The molecule has 0 spiro atoms. The summed E-state index contributed by atoms with van der Waals surface area (Å²) in [7, 11) is 1.85. The van der Waals surface area contributed by atoms with Crippen LogP contribution in [0.15, 0.2) is 46.7 Å². The van der Waals surface area contributed by atoms with Crippen LogP contribution in [0, 0.1) is 0 Å². The van der Waals surface area contributed by atoms with Crippen molar-refractivity contribution in [2.75, 3.05) is 25.0 Å². The average Bonchev–Trinajstić information content (AvgIpc) is 3.04. The molecule has 22 heavy (non-hydrogen) atoms. The third kappa shape index (κ3) is 2.92. The number of nitrogens with zero attached hydrogens (tertiary/aromatic N) is 1. The van der Waals surface area contributed by atoms with Gasteiger partial charge in [-0.15, -0.1) is 23.1 Å². The molecule has 3 rings (SSSR count). The molecule has 1 aliphatic heterocycles. The highest BCUT2D eigenvalue weighted by atomic mass is 32.2. The minimum atomic E-state index is -1.03. The van der Waals surface area contributed by atoms with E-state index in [4.69, 9.17) is 0 Å². The summed E-state index contributed by atoms with van der Waals surface area (Å²) in [6.07, 6.45) is -1.03. The third-order valence-corrected chi connectivity index (χ3v) is 6.09. The van der Waals surface area contributed by atoms with Crippen molar-refractivity contribution in [1.29, 1.82) is 0 Å². The fraction of sp³-hybridized carbons (Fsp3) is 0.312. The summed E-state index contributed by atoms with van der Waals surface area (Å²) in [4.78, 5) is 16.5. The van der Waals surface area contributed by atoms with Crippen LogP contribution in [-0.2, 0) is 4.79 Å². The van der Waals surface area contributed by atoms with Gasteiger partial charge >= 0.3 is 0 Å². The first-order valence-electron chi connectivity index (χ1n) is 7.15. The minimum Gasteiger partial charge on any atom is -0.382 e. The second kappa shape index (κ2) is 6.83. The van der Waals surface area contributed by atoms with Crippen LogP contribution in [0.2, 0.25) is 0 Å². The summed E-state index contributed by atoms with van der Waals surface area (Å²) < 4.78 is 0. The quantitative estimate of drug-likeness (QED) is 0.902. The van der Waals surface area contributed by atoms with Gasteiger partial charge in [0.15, 0.2) is 0 Å². The van der Waals surface area contributed by atoms with E-state index < -0.39 is 6.10 Å². The second-order valence-electron chi connectivity index (χ2n) is 5.06. The molecule has 0 fully saturated rings. The SMILES string of the molecule is CNCCN1C(=O)[C@H](O)[C@H](c2cccs2)Sc2ccccc21. The van der Waals surface area contributed by atoms with E-state index in [9.17, 15) is 9.90 Å². The van der Waals surface area contributed by atoms with Gasteiger partial charge in [0, 0.05) is 22.9 Å². The maximum atomic E-state index is 12.8. The molecule has 1 aliphatic rings. The van der Waals surface area contributed by atoms with Crippen molar-refractivity contribution in [1.82, 2.24) is 5.32 Å². The lowest BCUT2D eigenvalue weighted by atomic mass is 10.1. The molecule has 1 amide bonds. The lowest BCUT2D eigenvalue weighted by molar-refractivity contribution is -0.126. The van der Waals surface area contributed by atoms with Crippen LogP contribution < -0.4 is 10.2 Å². The molecular formula is C16H18N2O2S2. The Hall–Kier alpha value is -1.34. The largest absolute Gasteiger partial charge is 0.382 e. The van der Waals surface area contributed by atoms with E-state index in [1.807, 2.05) is 48.8 Å². The maximum Gasteiger partial charge on any atom is 0.257 e. The topological polar surface area (TPSA) is 52.6 Å². The van der Waals surface area contributed by atoms with Crippen LogP contribution in [0.3, 0.4) is 0 Å². The van der Waals surface area contributed by atoms with Gasteiger partial charge < -0.3 is 15.3 Å². The number of thiophene rings is 1. The van der Waals surface area contributed by atoms with Gasteiger partial charge in [0.25, 0.3) is 5.91 Å². The van der Waals surface area contributed by atoms with Gasteiger partial charge in [-0.1, -0.05) is 18.2 Å². The number of rotatable bonds is 4. The summed E-state index contributed by atoms with van der Waals surface area (Å²) in [5, 5.41) is 15.4. The third-order valence-electron chi connectivity index (χ3n) is 3.62. The smallest absolute Gasteiger partial charge is 0.257 e. The zero-order valence-electron chi connectivity index (χ0n) is 12.2. The molecule has 0 saturated carbocycles. The number of carbonyl (C=O) groups is 1. The van der Waals surface area contributed by atoms with Crippen LogP contribution in [0.5, 0.6) is 0 Å². The van der Waals surface area contributed by atoms with E-state index in [-0.39, 0.29) is 11.2 Å². The predicted octanol–water partition coefficient (Wildman–Crippen LogP) is 2.51. The molecule has 2 aromatic rings. The summed E-state index contributed by atoms with van der Waals surface area (Å²) in [6.45, 7) is 1.22. The number of hydrogen-bond acceptors (Lipinski definition) is 5. The van der Waals surface area contributed by atoms with Gasteiger partial charge in [0.05, 0.1) is 10.9 Å².